The Hall–Kier alpha value is -1.12. The molecule has 1 rings (SSSR count). The SMILES string of the molecule is COCc1c(Br)cccc1NS(=O)(=O)C(C)C(=O)O. The fourth-order valence-electron chi connectivity index (χ4n) is 1.32. The number of aliphatic carboxylic acids is 1. The van der Waals surface area contributed by atoms with E-state index in [1.165, 1.54) is 7.11 Å². The molecule has 0 aromatic heterocycles. The third kappa shape index (κ3) is 3.92. The van der Waals surface area contributed by atoms with Crippen LogP contribution in [0.4, 0.5) is 5.69 Å². The van der Waals surface area contributed by atoms with E-state index < -0.39 is 21.2 Å². The van der Waals surface area contributed by atoms with Crippen LogP contribution < -0.4 is 4.72 Å². The molecule has 0 aliphatic heterocycles. The number of carboxylic acid groups (broad SMARTS) is 1. The van der Waals surface area contributed by atoms with E-state index in [9.17, 15) is 13.2 Å². The third-order valence-electron chi connectivity index (χ3n) is 2.47. The molecule has 6 nitrogen and oxygen atoms in total. The van der Waals surface area contributed by atoms with Crippen LogP contribution >= 0.6 is 15.9 Å². The zero-order valence-corrected chi connectivity index (χ0v) is 12.8. The van der Waals surface area contributed by atoms with Crippen molar-refractivity contribution in [2.45, 2.75) is 18.8 Å². The normalized spacial score (nSPS) is 13.0. The molecule has 0 fully saturated rings. The predicted molar refractivity (Wildman–Crippen MR) is 74.5 cm³/mol. The maximum Gasteiger partial charge on any atom is 0.323 e. The van der Waals surface area contributed by atoms with Crippen molar-refractivity contribution in [1.29, 1.82) is 0 Å². The van der Waals surface area contributed by atoms with Gasteiger partial charge in [-0.3, -0.25) is 9.52 Å². The minimum atomic E-state index is -4.00. The van der Waals surface area contributed by atoms with Crippen LogP contribution in [0.2, 0.25) is 0 Å². The smallest absolute Gasteiger partial charge is 0.323 e. The standard InChI is InChI=1S/C11H14BrNO5S/c1-7(11(14)15)19(16,17)13-10-5-3-4-9(12)8(10)6-18-2/h3-5,7,13H,6H2,1-2H3,(H,14,15). The predicted octanol–water partition coefficient (Wildman–Crippen LogP) is 1.81. The van der Waals surface area contributed by atoms with Crippen LogP contribution in [0.25, 0.3) is 0 Å². The molecule has 2 N–H and O–H groups in total. The zero-order valence-electron chi connectivity index (χ0n) is 10.4. The first-order valence-electron chi connectivity index (χ1n) is 5.30. The van der Waals surface area contributed by atoms with Crippen molar-refractivity contribution in [1.82, 2.24) is 0 Å². The van der Waals surface area contributed by atoms with Gasteiger partial charge in [0.1, 0.15) is 0 Å². The Labute approximate surface area is 120 Å². The molecule has 0 spiro atoms. The Morgan fingerprint density at radius 3 is 2.68 bits per heavy atom. The summed E-state index contributed by atoms with van der Waals surface area (Å²) in [6, 6.07) is 4.94. The molecule has 19 heavy (non-hydrogen) atoms. The maximum absolute atomic E-state index is 11.9. The minimum absolute atomic E-state index is 0.195. The zero-order chi connectivity index (χ0) is 14.6. The van der Waals surface area contributed by atoms with Gasteiger partial charge in [-0.1, -0.05) is 22.0 Å². The number of ether oxygens (including phenoxy) is 1. The van der Waals surface area contributed by atoms with Gasteiger partial charge in [0, 0.05) is 17.1 Å². The van der Waals surface area contributed by atoms with Crippen molar-refractivity contribution in [3.05, 3.63) is 28.2 Å². The van der Waals surface area contributed by atoms with E-state index in [4.69, 9.17) is 9.84 Å². The summed E-state index contributed by atoms with van der Waals surface area (Å²) in [5.74, 6) is -1.41. The van der Waals surface area contributed by atoms with Gasteiger partial charge in [-0.05, 0) is 19.1 Å². The molecule has 0 amide bonds. The summed E-state index contributed by atoms with van der Waals surface area (Å²) in [6.07, 6.45) is 0. The van der Waals surface area contributed by atoms with E-state index in [0.717, 1.165) is 6.92 Å². The number of hydrogen-bond donors (Lipinski definition) is 2. The van der Waals surface area contributed by atoms with E-state index >= 15 is 0 Å². The van der Waals surface area contributed by atoms with Crippen LogP contribution in [0.5, 0.6) is 0 Å². The lowest BCUT2D eigenvalue weighted by Crippen LogP contribution is -2.32. The van der Waals surface area contributed by atoms with Crippen LogP contribution in [0.1, 0.15) is 12.5 Å². The molecule has 0 saturated carbocycles. The van der Waals surface area contributed by atoms with Crippen molar-refractivity contribution in [2.75, 3.05) is 11.8 Å². The van der Waals surface area contributed by atoms with Gasteiger partial charge >= 0.3 is 5.97 Å². The van der Waals surface area contributed by atoms with Crippen molar-refractivity contribution >= 4 is 37.6 Å². The molecule has 0 heterocycles. The number of carboxylic acids is 1. The number of benzene rings is 1. The minimum Gasteiger partial charge on any atom is -0.480 e. The monoisotopic (exact) mass is 351 g/mol. The van der Waals surface area contributed by atoms with Crippen LogP contribution in [0, 0.1) is 0 Å². The molecule has 106 valence electrons. The first kappa shape index (κ1) is 15.9. The summed E-state index contributed by atoms with van der Waals surface area (Å²) in [6.45, 7) is 1.30. The highest BCUT2D eigenvalue weighted by Gasteiger charge is 2.28. The van der Waals surface area contributed by atoms with Crippen LogP contribution in [0.15, 0.2) is 22.7 Å². The molecular formula is C11H14BrNO5S. The molecule has 0 saturated heterocycles. The Morgan fingerprint density at radius 1 is 1.53 bits per heavy atom. The lowest BCUT2D eigenvalue weighted by molar-refractivity contribution is -0.136. The highest BCUT2D eigenvalue weighted by atomic mass is 79.9. The molecular weight excluding hydrogens is 338 g/mol. The van der Waals surface area contributed by atoms with Crippen molar-refractivity contribution in [2.24, 2.45) is 0 Å². The lowest BCUT2D eigenvalue weighted by atomic mass is 10.2. The number of sulfonamides is 1. The quantitative estimate of drug-likeness (QED) is 0.815. The van der Waals surface area contributed by atoms with Crippen molar-refractivity contribution in [3.63, 3.8) is 0 Å². The molecule has 0 aliphatic rings. The van der Waals surface area contributed by atoms with Gasteiger partial charge in [-0.25, -0.2) is 8.42 Å². The number of anilines is 1. The fourth-order valence-corrected chi connectivity index (χ4v) is 2.74. The van der Waals surface area contributed by atoms with E-state index in [1.807, 2.05) is 0 Å². The third-order valence-corrected chi connectivity index (χ3v) is 4.85. The Morgan fingerprint density at radius 2 is 2.16 bits per heavy atom. The molecule has 0 radical (unpaired) electrons. The second-order valence-electron chi connectivity index (χ2n) is 3.83. The molecule has 8 heteroatoms. The Balaban J connectivity index is 3.12. The first-order valence-corrected chi connectivity index (χ1v) is 7.64. The molecule has 0 bridgehead atoms. The lowest BCUT2D eigenvalue weighted by Gasteiger charge is -2.15. The molecule has 1 unspecified atom stereocenters. The number of halogens is 1. The number of methoxy groups -OCH3 is 1. The highest BCUT2D eigenvalue weighted by molar-refractivity contribution is 9.10. The summed E-state index contributed by atoms with van der Waals surface area (Å²) >= 11 is 3.29. The number of carbonyl (C=O) groups is 1. The summed E-state index contributed by atoms with van der Waals surface area (Å²) in [7, 11) is -2.51. The number of rotatable bonds is 6. The van der Waals surface area contributed by atoms with Gasteiger partial charge < -0.3 is 9.84 Å². The number of nitrogens with one attached hydrogen (secondary N) is 1. The second kappa shape index (κ2) is 6.36. The van der Waals surface area contributed by atoms with Crippen LogP contribution in [-0.4, -0.2) is 31.9 Å². The second-order valence-corrected chi connectivity index (χ2v) is 6.68. The molecule has 1 aromatic carbocycles. The summed E-state index contributed by atoms with van der Waals surface area (Å²) < 4.78 is 31.7. The largest absolute Gasteiger partial charge is 0.480 e. The average molecular weight is 352 g/mol. The van der Waals surface area contributed by atoms with Crippen LogP contribution in [-0.2, 0) is 26.2 Å². The van der Waals surface area contributed by atoms with E-state index in [2.05, 4.69) is 20.7 Å². The van der Waals surface area contributed by atoms with E-state index in [-0.39, 0.29) is 6.61 Å². The van der Waals surface area contributed by atoms with Gasteiger partial charge in [0.2, 0.25) is 10.0 Å². The van der Waals surface area contributed by atoms with Gasteiger partial charge in [-0.15, -0.1) is 0 Å². The van der Waals surface area contributed by atoms with Crippen molar-refractivity contribution in [3.8, 4) is 0 Å². The Kier molecular flexibility index (Phi) is 5.33. The fraction of sp³-hybridized carbons (Fsp3) is 0.364. The van der Waals surface area contributed by atoms with Gasteiger partial charge in [0.05, 0.1) is 12.3 Å². The van der Waals surface area contributed by atoms with E-state index in [1.54, 1.807) is 18.2 Å². The Bertz CT molecular complexity index is 572. The summed E-state index contributed by atoms with van der Waals surface area (Å²) in [4.78, 5) is 10.8. The summed E-state index contributed by atoms with van der Waals surface area (Å²) in [5, 5.41) is 7.23. The first-order chi connectivity index (χ1) is 8.79. The van der Waals surface area contributed by atoms with Crippen LogP contribution in [0.3, 0.4) is 0 Å². The highest BCUT2D eigenvalue weighted by Crippen LogP contribution is 2.26. The van der Waals surface area contributed by atoms with E-state index in [0.29, 0.717) is 15.7 Å². The maximum atomic E-state index is 11.9. The van der Waals surface area contributed by atoms with Gasteiger partial charge in [0.15, 0.2) is 5.25 Å². The topological polar surface area (TPSA) is 92.7 Å². The summed E-state index contributed by atoms with van der Waals surface area (Å²) in [5.41, 5.74) is 0.899. The molecule has 0 aliphatic carbocycles. The van der Waals surface area contributed by atoms with Gasteiger partial charge in [-0.2, -0.15) is 0 Å². The van der Waals surface area contributed by atoms with Crippen molar-refractivity contribution < 1.29 is 23.1 Å². The molecule has 1 aromatic rings. The average Bonchev–Trinajstić information content (AvgIpc) is 2.32. The number of hydrogen-bond acceptors (Lipinski definition) is 4. The van der Waals surface area contributed by atoms with Gasteiger partial charge in [0.25, 0.3) is 0 Å². The molecule has 1 atom stereocenters.